The molecule has 8 heteroatoms. The first-order chi connectivity index (χ1) is 23.5. The van der Waals surface area contributed by atoms with Crippen molar-refractivity contribution in [1.29, 1.82) is 0 Å². The van der Waals surface area contributed by atoms with Gasteiger partial charge in [0.05, 0.1) is 6.42 Å². The first-order valence-corrected chi connectivity index (χ1v) is 20.0. The number of carbonyl (C=O) groups is 3. The molecule has 1 unspecified atom stereocenters. The Morgan fingerprint density at radius 3 is 2.02 bits per heavy atom. The molecule has 7 nitrogen and oxygen atoms in total. The predicted molar refractivity (Wildman–Crippen MR) is 199 cm³/mol. The maximum atomic E-state index is 12.7. The number of ether oxygens (including phenoxy) is 1. The molecule has 1 aromatic heterocycles. The van der Waals surface area contributed by atoms with Crippen LogP contribution < -0.4 is 15.4 Å². The van der Waals surface area contributed by atoms with Crippen molar-refractivity contribution < 1.29 is 19.1 Å². The van der Waals surface area contributed by atoms with Crippen molar-refractivity contribution in [3.05, 3.63) is 51.7 Å². The van der Waals surface area contributed by atoms with Crippen LogP contribution in [0.2, 0.25) is 0 Å². The van der Waals surface area contributed by atoms with Crippen molar-refractivity contribution >= 4 is 29.1 Å². The number of fused-ring (bicyclic) bond motifs is 1. The average Bonchev–Trinajstić information content (AvgIpc) is 3.61. The molecule has 2 aromatic rings. The van der Waals surface area contributed by atoms with Crippen LogP contribution in [-0.2, 0) is 33.6 Å². The highest BCUT2D eigenvalue weighted by molar-refractivity contribution is 7.09. The molecule has 1 heterocycles. The lowest BCUT2D eigenvalue weighted by atomic mass is 9.86. The van der Waals surface area contributed by atoms with E-state index in [0.29, 0.717) is 31.2 Å². The van der Waals surface area contributed by atoms with Crippen LogP contribution in [0.1, 0.15) is 139 Å². The van der Waals surface area contributed by atoms with Gasteiger partial charge in [-0.05, 0) is 86.6 Å². The molecule has 0 spiro atoms. The lowest BCUT2D eigenvalue weighted by Crippen LogP contribution is -2.41. The number of nitrogens with zero attached hydrogens (tertiary/aromatic N) is 1. The molecule has 1 aromatic carbocycles. The van der Waals surface area contributed by atoms with E-state index >= 15 is 0 Å². The monoisotopic (exact) mass is 681 g/mol. The molecule has 2 N–H and O–H groups in total. The van der Waals surface area contributed by atoms with E-state index in [-0.39, 0.29) is 24.2 Å². The van der Waals surface area contributed by atoms with E-state index in [4.69, 9.17) is 4.74 Å². The van der Waals surface area contributed by atoms with Gasteiger partial charge in [-0.3, -0.25) is 19.3 Å². The van der Waals surface area contributed by atoms with Gasteiger partial charge in [0.15, 0.2) is 0 Å². The maximum absolute atomic E-state index is 12.7. The number of amides is 2. The van der Waals surface area contributed by atoms with E-state index in [1.807, 2.05) is 23.5 Å². The Morgan fingerprint density at radius 2 is 1.42 bits per heavy atom. The minimum Gasteiger partial charge on any atom is -0.426 e. The van der Waals surface area contributed by atoms with Crippen LogP contribution in [-0.4, -0.2) is 54.9 Å². The molecule has 0 fully saturated rings. The van der Waals surface area contributed by atoms with E-state index < -0.39 is 0 Å². The summed E-state index contributed by atoms with van der Waals surface area (Å²) in [5.41, 5.74) is 2.46. The summed E-state index contributed by atoms with van der Waals surface area (Å²) in [5, 5.41) is 8.00. The summed E-state index contributed by atoms with van der Waals surface area (Å²) in [4.78, 5) is 40.7. The van der Waals surface area contributed by atoms with Gasteiger partial charge in [0.25, 0.3) is 0 Å². The van der Waals surface area contributed by atoms with E-state index in [1.165, 1.54) is 60.9 Å². The molecule has 1 aliphatic carbocycles. The Labute approximate surface area is 295 Å². The third kappa shape index (κ3) is 16.1. The summed E-state index contributed by atoms with van der Waals surface area (Å²) in [7, 11) is 0. The molecular weight excluding hydrogens is 619 g/mol. The lowest BCUT2D eigenvalue weighted by molar-refractivity contribution is -0.134. The Balaban J connectivity index is 1.20. The van der Waals surface area contributed by atoms with Crippen LogP contribution in [0.5, 0.6) is 5.75 Å². The van der Waals surface area contributed by atoms with Crippen LogP contribution >= 0.6 is 11.3 Å². The summed E-state index contributed by atoms with van der Waals surface area (Å²) in [5.74, 6) is 0.611. The molecule has 0 saturated carbocycles. The summed E-state index contributed by atoms with van der Waals surface area (Å²) in [6.45, 7) is 7.62. The number of esters is 1. The fourth-order valence-corrected chi connectivity index (χ4v) is 7.41. The van der Waals surface area contributed by atoms with Crippen LogP contribution in [0.15, 0.2) is 35.7 Å². The zero-order chi connectivity index (χ0) is 34.2. The van der Waals surface area contributed by atoms with Crippen LogP contribution in [0.4, 0.5) is 0 Å². The normalized spacial score (nSPS) is 14.1. The smallest absolute Gasteiger partial charge is 0.312 e. The van der Waals surface area contributed by atoms with Crippen molar-refractivity contribution in [3.63, 3.8) is 0 Å². The predicted octanol–water partition coefficient (Wildman–Crippen LogP) is 8.57. The van der Waals surface area contributed by atoms with Crippen LogP contribution in [0.25, 0.3) is 0 Å². The zero-order valence-electron chi connectivity index (χ0n) is 30.0. The van der Waals surface area contributed by atoms with Gasteiger partial charge in [-0.1, -0.05) is 89.8 Å². The third-order valence-corrected chi connectivity index (χ3v) is 10.4. The molecule has 1 atom stereocenters. The van der Waals surface area contributed by atoms with E-state index in [0.717, 1.165) is 83.8 Å². The van der Waals surface area contributed by atoms with Gasteiger partial charge in [-0.25, -0.2) is 0 Å². The summed E-state index contributed by atoms with van der Waals surface area (Å²) in [6, 6.07) is 11.0. The quantitative estimate of drug-likeness (QED) is 0.0590. The molecule has 1 aliphatic rings. The highest BCUT2D eigenvalue weighted by Gasteiger charge is 2.26. The average molecular weight is 682 g/mol. The van der Waals surface area contributed by atoms with Crippen LogP contribution in [0.3, 0.4) is 0 Å². The maximum Gasteiger partial charge on any atom is 0.312 e. The molecule has 2 amide bonds. The minimum absolute atomic E-state index is 0.0180. The number of hydrogen-bond donors (Lipinski definition) is 2. The number of thiophene rings is 1. The standard InChI is InChI=1S/C40H63N3O4S/c1-3-27-41-38(44)21-14-12-10-8-6-5-7-9-11-13-15-22-39(45)42-28-25-40(46)47-37-20-16-18-33-32-34(23-24-36(33)37)43(29-4-2)30-26-35-19-17-31-48-35/h16-20,31,34H,3-15,21-30,32H2,1-2H3,(H,41,44)(H,42,45). The third-order valence-electron chi connectivity index (χ3n) is 9.42. The first kappa shape index (κ1) is 39.7. The highest BCUT2D eigenvalue weighted by Crippen LogP contribution is 2.32. The number of nitrogens with one attached hydrogen (secondary N) is 2. The van der Waals surface area contributed by atoms with Crippen molar-refractivity contribution in [1.82, 2.24) is 15.5 Å². The van der Waals surface area contributed by atoms with E-state index in [1.54, 1.807) is 0 Å². The van der Waals surface area contributed by atoms with Crippen molar-refractivity contribution in [2.75, 3.05) is 26.2 Å². The number of carbonyl (C=O) groups excluding carboxylic acids is 3. The van der Waals surface area contributed by atoms with E-state index in [2.05, 4.69) is 53.0 Å². The van der Waals surface area contributed by atoms with Gasteiger partial charge in [0.1, 0.15) is 5.75 Å². The van der Waals surface area contributed by atoms with Gasteiger partial charge >= 0.3 is 5.97 Å². The molecule has 0 saturated heterocycles. The second kappa shape index (κ2) is 24.4. The van der Waals surface area contributed by atoms with Gasteiger partial charge in [-0.15, -0.1) is 11.3 Å². The van der Waals surface area contributed by atoms with Crippen LogP contribution in [0, 0.1) is 0 Å². The number of hydrogen-bond acceptors (Lipinski definition) is 6. The molecule has 48 heavy (non-hydrogen) atoms. The first-order valence-electron chi connectivity index (χ1n) is 19.1. The summed E-state index contributed by atoms with van der Waals surface area (Å²) >= 11 is 1.84. The number of benzene rings is 1. The molecule has 268 valence electrons. The second-order valence-electron chi connectivity index (χ2n) is 13.5. The van der Waals surface area contributed by atoms with Gasteiger partial charge in [0, 0.05) is 43.4 Å². The summed E-state index contributed by atoms with van der Waals surface area (Å²) in [6.07, 6.45) is 20.4. The Morgan fingerprint density at radius 1 is 0.771 bits per heavy atom. The Hall–Kier alpha value is -2.71. The zero-order valence-corrected chi connectivity index (χ0v) is 30.8. The van der Waals surface area contributed by atoms with Crippen molar-refractivity contribution in [2.24, 2.45) is 0 Å². The number of rotatable bonds is 26. The van der Waals surface area contributed by atoms with E-state index in [9.17, 15) is 14.4 Å². The van der Waals surface area contributed by atoms with Gasteiger partial charge in [-0.2, -0.15) is 0 Å². The SMILES string of the molecule is CCCNC(=O)CCCCCCCCCCCCCC(=O)NCCC(=O)Oc1cccc2c1CCC(N(CCC)CCc1cccs1)C2. The molecule has 0 radical (unpaired) electrons. The second-order valence-corrected chi connectivity index (χ2v) is 14.5. The topological polar surface area (TPSA) is 87.7 Å². The number of unbranched alkanes of at least 4 members (excludes halogenated alkanes) is 10. The Kier molecular flexibility index (Phi) is 20.2. The molecular formula is C40H63N3O4S. The molecule has 3 rings (SSSR count). The van der Waals surface area contributed by atoms with Gasteiger partial charge < -0.3 is 15.4 Å². The fraction of sp³-hybridized carbons (Fsp3) is 0.675. The lowest BCUT2D eigenvalue weighted by Gasteiger charge is -2.35. The Bertz CT molecular complexity index is 1190. The largest absolute Gasteiger partial charge is 0.426 e. The highest BCUT2D eigenvalue weighted by atomic mass is 32.1. The minimum atomic E-state index is -0.288. The molecule has 0 aliphatic heterocycles. The van der Waals surface area contributed by atoms with Crippen molar-refractivity contribution in [3.8, 4) is 5.75 Å². The fourth-order valence-electron chi connectivity index (χ4n) is 6.71. The molecule has 0 bridgehead atoms. The summed E-state index contributed by atoms with van der Waals surface area (Å²) < 4.78 is 5.82. The van der Waals surface area contributed by atoms with Crippen molar-refractivity contribution in [2.45, 2.75) is 148 Å². The van der Waals surface area contributed by atoms with Gasteiger partial charge in [0.2, 0.25) is 11.8 Å².